The van der Waals surface area contributed by atoms with Crippen molar-refractivity contribution in [3.8, 4) is 11.3 Å². The summed E-state index contributed by atoms with van der Waals surface area (Å²) in [6, 6.07) is 7.30. The number of anilines is 2. The van der Waals surface area contributed by atoms with Crippen LogP contribution in [0.3, 0.4) is 0 Å². The lowest BCUT2D eigenvalue weighted by Gasteiger charge is -2.12. The zero-order chi connectivity index (χ0) is 14.9. The zero-order valence-corrected chi connectivity index (χ0v) is 11.5. The van der Waals surface area contributed by atoms with E-state index in [0.717, 1.165) is 5.69 Å². The first-order chi connectivity index (χ1) is 9.40. The Morgan fingerprint density at radius 1 is 1.20 bits per heavy atom. The van der Waals surface area contributed by atoms with E-state index in [-0.39, 0.29) is 23.0 Å². The summed E-state index contributed by atoms with van der Waals surface area (Å²) in [4.78, 5) is 20.5. The van der Waals surface area contributed by atoms with Gasteiger partial charge in [-0.05, 0) is 19.1 Å². The third kappa shape index (κ3) is 2.51. The van der Waals surface area contributed by atoms with Gasteiger partial charge in [0.15, 0.2) is 5.69 Å². The van der Waals surface area contributed by atoms with Crippen LogP contribution in [-0.2, 0) is 0 Å². The van der Waals surface area contributed by atoms with Crippen molar-refractivity contribution in [2.75, 3.05) is 24.7 Å². The molecular formula is C13H15N5O2. The lowest BCUT2D eigenvalue weighted by Crippen LogP contribution is -2.08. The van der Waals surface area contributed by atoms with E-state index in [1.807, 2.05) is 31.1 Å². The molecular weight excluding hydrogens is 258 g/mol. The van der Waals surface area contributed by atoms with Gasteiger partial charge in [0.1, 0.15) is 5.69 Å². The van der Waals surface area contributed by atoms with Gasteiger partial charge in [-0.1, -0.05) is 12.1 Å². The molecule has 7 nitrogen and oxygen atoms in total. The van der Waals surface area contributed by atoms with Crippen LogP contribution in [0, 0.1) is 17.0 Å². The van der Waals surface area contributed by atoms with Gasteiger partial charge in [0.25, 0.3) is 0 Å². The third-order valence-electron chi connectivity index (χ3n) is 2.92. The van der Waals surface area contributed by atoms with Gasteiger partial charge in [0, 0.05) is 25.3 Å². The van der Waals surface area contributed by atoms with Gasteiger partial charge in [-0.15, -0.1) is 0 Å². The predicted molar refractivity (Wildman–Crippen MR) is 77.6 cm³/mol. The van der Waals surface area contributed by atoms with Gasteiger partial charge < -0.3 is 10.6 Å². The van der Waals surface area contributed by atoms with E-state index in [0.29, 0.717) is 5.56 Å². The molecule has 0 amide bonds. The topological polar surface area (TPSA) is 98.2 Å². The molecule has 0 saturated heterocycles. The summed E-state index contributed by atoms with van der Waals surface area (Å²) in [7, 11) is 3.84. The maximum absolute atomic E-state index is 11.2. The van der Waals surface area contributed by atoms with Crippen LogP contribution in [0.4, 0.5) is 17.3 Å². The average molecular weight is 273 g/mol. The van der Waals surface area contributed by atoms with E-state index in [1.165, 1.54) is 0 Å². The molecule has 7 heteroatoms. The van der Waals surface area contributed by atoms with E-state index in [9.17, 15) is 10.1 Å². The second kappa shape index (κ2) is 5.12. The van der Waals surface area contributed by atoms with Gasteiger partial charge in [0.05, 0.1) is 4.92 Å². The van der Waals surface area contributed by atoms with Crippen molar-refractivity contribution in [1.82, 2.24) is 9.97 Å². The van der Waals surface area contributed by atoms with E-state index in [4.69, 9.17) is 5.73 Å². The molecule has 0 radical (unpaired) electrons. The number of aryl methyl sites for hydroxylation is 1. The summed E-state index contributed by atoms with van der Waals surface area (Å²) in [5, 5.41) is 11.2. The Hall–Kier alpha value is -2.70. The maximum Gasteiger partial charge on any atom is 0.316 e. The standard InChI is InChI=1S/C13H15N5O2/c1-8-12(18(19)20)11(16-13(14)15-8)9-4-6-10(7-5-9)17(2)3/h4-7H,1-3H3,(H2,14,15,16). The minimum Gasteiger partial charge on any atom is -0.378 e. The van der Waals surface area contributed by atoms with Gasteiger partial charge >= 0.3 is 5.69 Å². The second-order valence-electron chi connectivity index (χ2n) is 4.56. The normalized spacial score (nSPS) is 10.3. The van der Waals surface area contributed by atoms with Crippen LogP contribution < -0.4 is 10.6 Å². The second-order valence-corrected chi connectivity index (χ2v) is 4.56. The van der Waals surface area contributed by atoms with Crippen LogP contribution in [0.5, 0.6) is 0 Å². The molecule has 2 aromatic rings. The molecule has 0 aliphatic rings. The van der Waals surface area contributed by atoms with E-state index in [2.05, 4.69) is 9.97 Å². The van der Waals surface area contributed by atoms with Crippen molar-refractivity contribution in [1.29, 1.82) is 0 Å². The van der Waals surface area contributed by atoms with Crippen LogP contribution in [-0.4, -0.2) is 29.0 Å². The molecule has 0 bridgehead atoms. The maximum atomic E-state index is 11.2. The molecule has 0 aliphatic heterocycles. The van der Waals surface area contributed by atoms with Gasteiger partial charge in [0.2, 0.25) is 5.95 Å². The molecule has 20 heavy (non-hydrogen) atoms. The van der Waals surface area contributed by atoms with E-state index >= 15 is 0 Å². The molecule has 1 aromatic carbocycles. The Morgan fingerprint density at radius 3 is 2.30 bits per heavy atom. The lowest BCUT2D eigenvalue weighted by molar-refractivity contribution is -0.385. The largest absolute Gasteiger partial charge is 0.378 e. The number of hydrogen-bond donors (Lipinski definition) is 1. The first kappa shape index (κ1) is 13.7. The monoisotopic (exact) mass is 273 g/mol. The molecule has 2 rings (SSSR count). The Bertz CT molecular complexity index is 653. The highest BCUT2D eigenvalue weighted by molar-refractivity contribution is 5.73. The fourth-order valence-corrected chi connectivity index (χ4v) is 1.93. The molecule has 0 atom stereocenters. The number of nitro groups is 1. The average Bonchev–Trinajstić information content (AvgIpc) is 2.37. The van der Waals surface area contributed by atoms with E-state index < -0.39 is 4.92 Å². The molecule has 0 spiro atoms. The highest BCUT2D eigenvalue weighted by Gasteiger charge is 2.22. The van der Waals surface area contributed by atoms with Gasteiger partial charge in [-0.3, -0.25) is 10.1 Å². The third-order valence-corrected chi connectivity index (χ3v) is 2.92. The fourth-order valence-electron chi connectivity index (χ4n) is 1.93. The lowest BCUT2D eigenvalue weighted by atomic mass is 10.1. The summed E-state index contributed by atoms with van der Waals surface area (Å²) in [5.41, 5.74) is 7.61. The quantitative estimate of drug-likeness (QED) is 0.678. The van der Waals surface area contributed by atoms with Crippen LogP contribution in [0.1, 0.15) is 5.69 Å². The van der Waals surface area contributed by atoms with Crippen molar-refractivity contribution >= 4 is 17.3 Å². The molecule has 0 saturated carbocycles. The molecule has 1 heterocycles. The number of aromatic nitrogens is 2. The van der Waals surface area contributed by atoms with Crippen molar-refractivity contribution in [3.05, 3.63) is 40.1 Å². The summed E-state index contributed by atoms with van der Waals surface area (Å²) < 4.78 is 0. The summed E-state index contributed by atoms with van der Waals surface area (Å²) >= 11 is 0. The Labute approximate surface area is 116 Å². The smallest absolute Gasteiger partial charge is 0.316 e. The Kier molecular flexibility index (Phi) is 3.51. The van der Waals surface area contributed by atoms with Crippen LogP contribution in [0.2, 0.25) is 0 Å². The zero-order valence-electron chi connectivity index (χ0n) is 11.5. The first-order valence-corrected chi connectivity index (χ1v) is 5.96. The highest BCUT2D eigenvalue weighted by atomic mass is 16.6. The van der Waals surface area contributed by atoms with Crippen LogP contribution in [0.25, 0.3) is 11.3 Å². The Balaban J connectivity index is 2.59. The van der Waals surface area contributed by atoms with Crippen molar-refractivity contribution in [2.24, 2.45) is 0 Å². The van der Waals surface area contributed by atoms with Crippen LogP contribution >= 0.6 is 0 Å². The number of nitrogens with zero attached hydrogens (tertiary/aromatic N) is 4. The van der Waals surface area contributed by atoms with Gasteiger partial charge in [-0.25, -0.2) is 9.97 Å². The summed E-state index contributed by atoms with van der Waals surface area (Å²) in [6.45, 7) is 1.55. The summed E-state index contributed by atoms with van der Waals surface area (Å²) in [5.74, 6) is 0.0276. The number of benzene rings is 1. The van der Waals surface area contributed by atoms with E-state index in [1.54, 1.807) is 19.1 Å². The number of hydrogen-bond acceptors (Lipinski definition) is 6. The molecule has 0 fully saturated rings. The molecule has 0 aliphatic carbocycles. The summed E-state index contributed by atoms with van der Waals surface area (Å²) in [6.07, 6.45) is 0. The van der Waals surface area contributed by atoms with Crippen molar-refractivity contribution < 1.29 is 4.92 Å². The van der Waals surface area contributed by atoms with Crippen LogP contribution in [0.15, 0.2) is 24.3 Å². The molecule has 0 unspecified atom stereocenters. The number of nitrogens with two attached hydrogens (primary N) is 1. The number of rotatable bonds is 3. The molecule has 2 N–H and O–H groups in total. The fraction of sp³-hybridized carbons (Fsp3) is 0.231. The predicted octanol–water partition coefficient (Wildman–Crippen LogP) is 2.01. The van der Waals surface area contributed by atoms with Crippen molar-refractivity contribution in [3.63, 3.8) is 0 Å². The minimum absolute atomic E-state index is 0.0276. The molecule has 1 aromatic heterocycles. The van der Waals surface area contributed by atoms with Crippen molar-refractivity contribution in [2.45, 2.75) is 6.92 Å². The molecule has 104 valence electrons. The Morgan fingerprint density at radius 2 is 1.80 bits per heavy atom. The first-order valence-electron chi connectivity index (χ1n) is 5.96. The highest BCUT2D eigenvalue weighted by Crippen LogP contribution is 2.31. The number of nitrogen functional groups attached to an aromatic ring is 1. The van der Waals surface area contributed by atoms with Gasteiger partial charge in [-0.2, -0.15) is 0 Å². The minimum atomic E-state index is -0.482. The SMILES string of the molecule is Cc1nc(N)nc(-c2ccc(N(C)C)cc2)c1[N+](=O)[O-].